The molecule has 1 aliphatic heterocycles. The van der Waals surface area contributed by atoms with Gasteiger partial charge in [0, 0.05) is 37.4 Å². The molecule has 0 amide bonds. The maximum Gasteiger partial charge on any atom is 0.303 e. The lowest BCUT2D eigenvalue weighted by Gasteiger charge is -2.44. The van der Waals surface area contributed by atoms with Crippen LogP contribution in [0.25, 0.3) is 11.3 Å². The van der Waals surface area contributed by atoms with E-state index in [1.165, 1.54) is 18.5 Å². The van der Waals surface area contributed by atoms with Crippen molar-refractivity contribution in [1.82, 2.24) is 20.0 Å². The van der Waals surface area contributed by atoms with Gasteiger partial charge in [0.2, 0.25) is 0 Å². The smallest absolute Gasteiger partial charge is 0.303 e. The van der Waals surface area contributed by atoms with E-state index in [1.54, 1.807) is 0 Å². The molecule has 4 rings (SSSR count). The third kappa shape index (κ3) is 7.42. The van der Waals surface area contributed by atoms with Crippen molar-refractivity contribution in [3.8, 4) is 17.3 Å². The standard InChI is InChI=1S/C26H21ClF3N5O7S/c1-11(36)39-10-20-24(40-12(2)37)23(35-9-19(33-34-35)14-4-16(28)22(30)17(29)5-14)25(41-13(3)38)26(42-20)43-21-6-15(27)8-32-18(21)7-31/h4-6,8-9,20,23-26H,10H2,1-3H3/t20-,23+,24+,25-,26-/m1/s1. The fourth-order valence-electron chi connectivity index (χ4n) is 4.26. The number of thioether (sulfide) groups is 1. The minimum atomic E-state index is -1.68. The van der Waals surface area contributed by atoms with Gasteiger partial charge in [-0.25, -0.2) is 22.8 Å². The molecule has 0 bridgehead atoms. The fraction of sp³-hybridized carbons (Fsp3) is 0.346. The van der Waals surface area contributed by atoms with Crippen molar-refractivity contribution in [1.29, 1.82) is 5.26 Å². The van der Waals surface area contributed by atoms with E-state index < -0.39 is 71.8 Å². The summed E-state index contributed by atoms with van der Waals surface area (Å²) in [6, 6.07) is 3.54. The Kier molecular flexibility index (Phi) is 9.89. The summed E-state index contributed by atoms with van der Waals surface area (Å²) in [6.45, 7) is 2.94. The molecule has 12 nitrogen and oxygen atoms in total. The number of nitriles is 1. The number of nitrogens with zero attached hydrogens (tertiary/aromatic N) is 5. The van der Waals surface area contributed by atoms with Crippen molar-refractivity contribution >= 4 is 41.3 Å². The highest BCUT2D eigenvalue weighted by Gasteiger charge is 2.52. The van der Waals surface area contributed by atoms with Crippen LogP contribution in [-0.2, 0) is 33.3 Å². The molecule has 1 aliphatic rings. The number of rotatable bonds is 8. The van der Waals surface area contributed by atoms with Crippen LogP contribution < -0.4 is 0 Å². The molecular weight excluding hydrogens is 619 g/mol. The summed E-state index contributed by atoms with van der Waals surface area (Å²) in [7, 11) is 0. The first kappa shape index (κ1) is 31.7. The molecule has 2 aromatic heterocycles. The molecule has 3 aromatic rings. The van der Waals surface area contributed by atoms with Gasteiger partial charge in [-0.3, -0.25) is 14.4 Å². The van der Waals surface area contributed by atoms with E-state index in [1.807, 2.05) is 6.07 Å². The van der Waals surface area contributed by atoms with Crippen molar-refractivity contribution in [2.75, 3.05) is 6.61 Å². The maximum atomic E-state index is 14.0. The van der Waals surface area contributed by atoms with E-state index in [0.29, 0.717) is 12.1 Å². The third-order valence-corrected chi connectivity index (χ3v) is 7.32. The normalized spacial score (nSPS) is 21.5. The lowest BCUT2D eigenvalue weighted by atomic mass is 9.96. The summed E-state index contributed by atoms with van der Waals surface area (Å²) < 4.78 is 65.1. The zero-order chi connectivity index (χ0) is 31.4. The van der Waals surface area contributed by atoms with E-state index in [0.717, 1.165) is 37.2 Å². The van der Waals surface area contributed by atoms with Gasteiger partial charge < -0.3 is 18.9 Å². The number of ether oxygens (including phenoxy) is 4. The molecule has 0 radical (unpaired) electrons. The summed E-state index contributed by atoms with van der Waals surface area (Å²) in [5.74, 6) is -6.85. The zero-order valence-electron chi connectivity index (χ0n) is 22.5. The summed E-state index contributed by atoms with van der Waals surface area (Å²) in [4.78, 5) is 40.4. The molecule has 0 N–H and O–H groups in total. The molecule has 226 valence electrons. The second-order valence-corrected chi connectivity index (χ2v) is 10.6. The van der Waals surface area contributed by atoms with Crippen LogP contribution in [0, 0.1) is 28.8 Å². The van der Waals surface area contributed by atoms with Gasteiger partial charge in [-0.15, -0.1) is 5.10 Å². The van der Waals surface area contributed by atoms with E-state index in [-0.39, 0.29) is 26.9 Å². The average Bonchev–Trinajstić information content (AvgIpc) is 3.41. The third-order valence-electron chi connectivity index (χ3n) is 5.94. The lowest BCUT2D eigenvalue weighted by Crippen LogP contribution is -2.57. The van der Waals surface area contributed by atoms with Gasteiger partial charge in [0.05, 0.1) is 11.2 Å². The summed E-state index contributed by atoms with van der Waals surface area (Å²) in [5, 5.41) is 17.7. The van der Waals surface area contributed by atoms with Crippen molar-refractivity contribution in [3.05, 3.63) is 58.8 Å². The first-order chi connectivity index (χ1) is 20.4. The molecule has 5 atom stereocenters. The van der Waals surface area contributed by atoms with Crippen LogP contribution in [0.1, 0.15) is 32.5 Å². The predicted octanol–water partition coefficient (Wildman–Crippen LogP) is 3.77. The van der Waals surface area contributed by atoms with Gasteiger partial charge in [-0.2, -0.15) is 5.26 Å². The largest absolute Gasteiger partial charge is 0.463 e. The van der Waals surface area contributed by atoms with Crippen molar-refractivity contribution in [2.45, 2.75) is 55.5 Å². The SMILES string of the molecule is CC(=O)OC[C@H]1O[C@H](Sc2cc(Cl)cnc2C#N)[C@H](OC(C)=O)[C@@H](n2cc(-c3cc(F)c(F)c(F)c3)nn2)[C@H]1OC(C)=O. The quantitative estimate of drug-likeness (QED) is 0.200. The zero-order valence-corrected chi connectivity index (χ0v) is 24.1. The van der Waals surface area contributed by atoms with Gasteiger partial charge in [0.25, 0.3) is 0 Å². The first-order valence-corrected chi connectivity index (χ1v) is 13.6. The maximum absolute atomic E-state index is 14.0. The Labute approximate surface area is 251 Å². The van der Waals surface area contributed by atoms with Crippen molar-refractivity contribution in [2.24, 2.45) is 0 Å². The second kappa shape index (κ2) is 13.4. The first-order valence-electron chi connectivity index (χ1n) is 12.3. The molecule has 0 spiro atoms. The van der Waals surface area contributed by atoms with Gasteiger partial charge >= 0.3 is 17.9 Å². The highest BCUT2D eigenvalue weighted by molar-refractivity contribution is 7.99. The minimum Gasteiger partial charge on any atom is -0.463 e. The Bertz CT molecular complexity index is 1580. The Morgan fingerprint density at radius 1 is 1.07 bits per heavy atom. The van der Waals surface area contributed by atoms with E-state index in [4.69, 9.17) is 30.5 Å². The van der Waals surface area contributed by atoms with E-state index >= 15 is 0 Å². The number of benzene rings is 1. The van der Waals surface area contributed by atoms with Crippen LogP contribution in [0.2, 0.25) is 5.02 Å². The van der Waals surface area contributed by atoms with Gasteiger partial charge in [-0.05, 0) is 18.2 Å². The van der Waals surface area contributed by atoms with Crippen LogP contribution in [-0.4, -0.2) is 68.2 Å². The molecule has 1 fully saturated rings. The molecule has 43 heavy (non-hydrogen) atoms. The number of aromatic nitrogens is 4. The Morgan fingerprint density at radius 2 is 1.72 bits per heavy atom. The average molecular weight is 640 g/mol. The van der Waals surface area contributed by atoms with E-state index in [2.05, 4.69) is 15.3 Å². The number of hydrogen-bond donors (Lipinski definition) is 0. The number of halogens is 4. The van der Waals surface area contributed by atoms with Crippen molar-refractivity contribution in [3.63, 3.8) is 0 Å². The predicted molar refractivity (Wildman–Crippen MR) is 141 cm³/mol. The van der Waals surface area contributed by atoms with Gasteiger partial charge in [0.15, 0.2) is 35.4 Å². The number of carbonyl (C=O) groups excluding carboxylic acids is 3. The van der Waals surface area contributed by atoms with Gasteiger partial charge in [0.1, 0.15) is 36.0 Å². The minimum absolute atomic E-state index is 0.0295. The van der Waals surface area contributed by atoms with Crippen molar-refractivity contribution < 1.29 is 46.5 Å². The number of esters is 3. The molecule has 1 saturated heterocycles. The second-order valence-electron chi connectivity index (χ2n) is 9.05. The molecule has 0 saturated carbocycles. The number of hydrogen-bond acceptors (Lipinski definition) is 12. The Morgan fingerprint density at radius 3 is 2.33 bits per heavy atom. The summed E-state index contributed by atoms with van der Waals surface area (Å²) in [5.41, 5.74) is -1.49. The molecule has 0 unspecified atom stereocenters. The number of pyridine rings is 1. The summed E-state index contributed by atoms with van der Waals surface area (Å²) in [6.07, 6.45) is -1.38. The monoisotopic (exact) mass is 639 g/mol. The fourth-order valence-corrected chi connectivity index (χ4v) is 5.68. The highest BCUT2D eigenvalue weighted by atomic mass is 35.5. The van der Waals surface area contributed by atoms with E-state index in [9.17, 15) is 32.8 Å². The Balaban J connectivity index is 1.85. The van der Waals surface area contributed by atoms with Crippen LogP contribution in [0.3, 0.4) is 0 Å². The summed E-state index contributed by atoms with van der Waals surface area (Å²) >= 11 is 6.99. The topological polar surface area (TPSA) is 156 Å². The lowest BCUT2D eigenvalue weighted by molar-refractivity contribution is -0.212. The molecule has 3 heterocycles. The molecule has 0 aliphatic carbocycles. The van der Waals surface area contributed by atoms with Crippen LogP contribution >= 0.6 is 23.4 Å². The van der Waals surface area contributed by atoms with Crippen LogP contribution in [0.5, 0.6) is 0 Å². The molecule has 17 heteroatoms. The van der Waals surface area contributed by atoms with Gasteiger partial charge in [-0.1, -0.05) is 28.6 Å². The molecular formula is C26H21ClF3N5O7S. The van der Waals surface area contributed by atoms with Crippen LogP contribution in [0.4, 0.5) is 13.2 Å². The molecule has 1 aromatic carbocycles. The number of carbonyl (C=O) groups is 3. The highest BCUT2D eigenvalue weighted by Crippen LogP contribution is 2.42. The van der Waals surface area contributed by atoms with Crippen LogP contribution in [0.15, 0.2) is 35.5 Å². The Hall–Kier alpha value is -4.20.